The van der Waals surface area contributed by atoms with Crippen LogP contribution < -0.4 is 0 Å². The number of nitrogens with zero attached hydrogens (tertiary/aromatic N) is 2. The molecule has 0 spiro atoms. The molecule has 0 bridgehead atoms. The van der Waals surface area contributed by atoms with Gasteiger partial charge in [0.2, 0.25) is 0 Å². The molecule has 0 aliphatic rings. The lowest BCUT2D eigenvalue weighted by Crippen LogP contribution is -2.17. The molecule has 4 heteroatoms. The molecule has 2 aromatic rings. The van der Waals surface area contributed by atoms with Crippen molar-refractivity contribution < 1.29 is 0 Å². The van der Waals surface area contributed by atoms with Crippen LogP contribution in [0, 0.1) is 6.92 Å². The van der Waals surface area contributed by atoms with Gasteiger partial charge in [-0.25, -0.2) is 4.98 Å². The van der Waals surface area contributed by atoms with Crippen LogP contribution in [-0.2, 0) is 13.1 Å². The number of rotatable bonds is 4. The first-order valence-electron chi connectivity index (χ1n) is 5.47. The summed E-state index contributed by atoms with van der Waals surface area (Å²) in [7, 11) is 2.14. The monoisotopic (exact) mass is 310 g/mol. The Morgan fingerprint density at radius 1 is 1.24 bits per heavy atom. The SMILES string of the molecule is Cc1ncsc1CN(C)Cc1ccc(Br)cc1. The van der Waals surface area contributed by atoms with Gasteiger partial charge in [0.25, 0.3) is 0 Å². The molecule has 1 aromatic carbocycles. The Morgan fingerprint density at radius 2 is 1.94 bits per heavy atom. The minimum atomic E-state index is 0.963. The molecule has 0 saturated carbocycles. The van der Waals surface area contributed by atoms with Gasteiger partial charge in [-0.1, -0.05) is 28.1 Å². The number of hydrogen-bond acceptors (Lipinski definition) is 3. The molecule has 1 heterocycles. The van der Waals surface area contributed by atoms with Crippen molar-refractivity contribution in [2.24, 2.45) is 0 Å². The van der Waals surface area contributed by atoms with Crippen molar-refractivity contribution in [2.75, 3.05) is 7.05 Å². The third-order valence-corrected chi connectivity index (χ3v) is 4.07. The summed E-state index contributed by atoms with van der Waals surface area (Å²) < 4.78 is 1.13. The standard InChI is InChI=1S/C13H15BrN2S/c1-10-13(17-9-15-10)8-16(2)7-11-3-5-12(14)6-4-11/h3-6,9H,7-8H2,1-2H3. The van der Waals surface area contributed by atoms with Gasteiger partial charge in [0.1, 0.15) is 0 Å². The zero-order valence-corrected chi connectivity index (χ0v) is 12.4. The third kappa shape index (κ3) is 3.63. The average Bonchev–Trinajstić information content (AvgIpc) is 2.68. The maximum Gasteiger partial charge on any atom is 0.0798 e. The zero-order valence-electron chi connectivity index (χ0n) is 9.98. The first-order chi connectivity index (χ1) is 8.15. The maximum absolute atomic E-state index is 4.27. The molecule has 0 aliphatic heterocycles. The van der Waals surface area contributed by atoms with Gasteiger partial charge < -0.3 is 0 Å². The molecule has 0 radical (unpaired) electrons. The van der Waals surface area contributed by atoms with Crippen LogP contribution >= 0.6 is 27.3 Å². The molecular formula is C13H15BrN2S. The van der Waals surface area contributed by atoms with Gasteiger partial charge in [-0.2, -0.15) is 0 Å². The first kappa shape index (κ1) is 12.7. The zero-order chi connectivity index (χ0) is 12.3. The van der Waals surface area contributed by atoms with Crippen LogP contribution in [0.1, 0.15) is 16.1 Å². The Bertz CT molecular complexity index is 478. The molecule has 0 fully saturated rings. The Kier molecular flexibility index (Phi) is 4.31. The Morgan fingerprint density at radius 3 is 2.53 bits per heavy atom. The number of hydrogen-bond donors (Lipinski definition) is 0. The number of halogens is 1. The number of benzene rings is 1. The van der Waals surface area contributed by atoms with E-state index in [2.05, 4.69) is 64.1 Å². The molecular weight excluding hydrogens is 296 g/mol. The van der Waals surface area contributed by atoms with Crippen LogP contribution in [0.15, 0.2) is 34.2 Å². The lowest BCUT2D eigenvalue weighted by atomic mass is 10.2. The van der Waals surface area contributed by atoms with Gasteiger partial charge in [-0.05, 0) is 31.7 Å². The van der Waals surface area contributed by atoms with Crippen LogP contribution in [0.3, 0.4) is 0 Å². The van der Waals surface area contributed by atoms with Gasteiger partial charge in [-0.15, -0.1) is 11.3 Å². The molecule has 0 unspecified atom stereocenters. The first-order valence-corrected chi connectivity index (χ1v) is 7.14. The summed E-state index contributed by atoms with van der Waals surface area (Å²) in [6.07, 6.45) is 0. The molecule has 0 saturated heterocycles. The number of thiazole rings is 1. The predicted octanol–water partition coefficient (Wildman–Crippen LogP) is 3.85. The molecule has 90 valence electrons. The predicted molar refractivity (Wildman–Crippen MR) is 76.2 cm³/mol. The van der Waals surface area contributed by atoms with Gasteiger partial charge in [0.05, 0.1) is 11.2 Å². The number of aryl methyl sites for hydroxylation is 1. The van der Waals surface area contributed by atoms with E-state index in [0.29, 0.717) is 0 Å². The van der Waals surface area contributed by atoms with Crippen LogP contribution in [0.4, 0.5) is 0 Å². The van der Waals surface area contributed by atoms with Crippen molar-refractivity contribution in [3.05, 3.63) is 50.4 Å². The molecule has 0 amide bonds. The summed E-state index contributed by atoms with van der Waals surface area (Å²) in [6.45, 7) is 4.00. The highest BCUT2D eigenvalue weighted by molar-refractivity contribution is 9.10. The molecule has 0 atom stereocenters. The van der Waals surface area contributed by atoms with Crippen molar-refractivity contribution in [3.63, 3.8) is 0 Å². The minimum absolute atomic E-state index is 0.963. The molecule has 1 aromatic heterocycles. The molecule has 2 nitrogen and oxygen atoms in total. The summed E-state index contributed by atoms with van der Waals surface area (Å²) in [5.41, 5.74) is 4.40. The lowest BCUT2D eigenvalue weighted by Gasteiger charge is -2.16. The molecule has 0 N–H and O–H groups in total. The maximum atomic E-state index is 4.27. The average molecular weight is 311 g/mol. The summed E-state index contributed by atoms with van der Waals surface area (Å²) in [6, 6.07) is 8.47. The van der Waals surface area contributed by atoms with E-state index in [0.717, 1.165) is 23.3 Å². The third-order valence-electron chi connectivity index (χ3n) is 2.62. The van der Waals surface area contributed by atoms with Crippen molar-refractivity contribution in [3.8, 4) is 0 Å². The van der Waals surface area contributed by atoms with E-state index in [1.807, 2.05) is 5.51 Å². The van der Waals surface area contributed by atoms with E-state index in [-0.39, 0.29) is 0 Å². The van der Waals surface area contributed by atoms with E-state index < -0.39 is 0 Å². The second kappa shape index (κ2) is 5.76. The topological polar surface area (TPSA) is 16.1 Å². The van der Waals surface area contributed by atoms with Crippen molar-refractivity contribution in [1.82, 2.24) is 9.88 Å². The highest BCUT2D eigenvalue weighted by Gasteiger charge is 2.06. The normalized spacial score (nSPS) is 11.1. The lowest BCUT2D eigenvalue weighted by molar-refractivity contribution is 0.321. The summed E-state index contributed by atoms with van der Waals surface area (Å²) in [5.74, 6) is 0. The van der Waals surface area contributed by atoms with Gasteiger partial charge in [-0.3, -0.25) is 4.90 Å². The van der Waals surface area contributed by atoms with Crippen molar-refractivity contribution in [2.45, 2.75) is 20.0 Å². The Labute approximate surface area is 114 Å². The second-order valence-corrected chi connectivity index (χ2v) is 6.01. The van der Waals surface area contributed by atoms with E-state index in [1.54, 1.807) is 11.3 Å². The highest BCUT2D eigenvalue weighted by Crippen LogP contribution is 2.16. The Balaban J connectivity index is 1.95. The quantitative estimate of drug-likeness (QED) is 0.853. The van der Waals surface area contributed by atoms with Crippen LogP contribution in [0.25, 0.3) is 0 Å². The van der Waals surface area contributed by atoms with Gasteiger partial charge in [0, 0.05) is 22.4 Å². The van der Waals surface area contributed by atoms with Crippen molar-refractivity contribution in [1.29, 1.82) is 0 Å². The van der Waals surface area contributed by atoms with Crippen molar-refractivity contribution >= 4 is 27.3 Å². The largest absolute Gasteiger partial charge is 0.297 e. The number of aromatic nitrogens is 1. The van der Waals surface area contributed by atoms with E-state index in [9.17, 15) is 0 Å². The van der Waals surface area contributed by atoms with Crippen LogP contribution in [-0.4, -0.2) is 16.9 Å². The molecule has 0 aliphatic carbocycles. The fourth-order valence-electron chi connectivity index (χ4n) is 1.68. The van der Waals surface area contributed by atoms with E-state index >= 15 is 0 Å². The van der Waals surface area contributed by atoms with Gasteiger partial charge >= 0.3 is 0 Å². The fraction of sp³-hybridized carbons (Fsp3) is 0.308. The summed E-state index contributed by atoms with van der Waals surface area (Å²) in [5, 5.41) is 0. The van der Waals surface area contributed by atoms with Gasteiger partial charge in [0.15, 0.2) is 0 Å². The smallest absolute Gasteiger partial charge is 0.0798 e. The fourth-order valence-corrected chi connectivity index (χ4v) is 2.80. The molecule has 17 heavy (non-hydrogen) atoms. The van der Waals surface area contributed by atoms with E-state index in [1.165, 1.54) is 10.4 Å². The van der Waals surface area contributed by atoms with Crippen LogP contribution in [0.5, 0.6) is 0 Å². The Hall–Kier alpha value is -0.710. The minimum Gasteiger partial charge on any atom is -0.297 e. The summed E-state index contributed by atoms with van der Waals surface area (Å²) >= 11 is 5.18. The van der Waals surface area contributed by atoms with E-state index in [4.69, 9.17) is 0 Å². The highest BCUT2D eigenvalue weighted by atomic mass is 79.9. The molecule has 2 rings (SSSR count). The van der Waals surface area contributed by atoms with Crippen LogP contribution in [0.2, 0.25) is 0 Å². The second-order valence-electron chi connectivity index (χ2n) is 4.16. The summed E-state index contributed by atoms with van der Waals surface area (Å²) in [4.78, 5) is 7.93.